The highest BCUT2D eigenvalue weighted by Crippen LogP contribution is 2.39. The molecule has 4 heterocycles. The summed E-state index contributed by atoms with van der Waals surface area (Å²) >= 11 is 0. The number of allylic oxidation sites excluding steroid dienone is 1. The Kier molecular flexibility index (Phi) is 7.27. The molecule has 204 valence electrons. The SMILES string of the molecule is Nc1ncc2c3c1c(-c1ccc(C(=O)Nc4ccccn4)cc1)nn3[C@@H]1CCC[C@H](C1)NC(=O)CCCC/C=C/2. The van der Waals surface area contributed by atoms with Crippen molar-refractivity contribution in [3.8, 4) is 11.3 Å². The molecule has 0 radical (unpaired) electrons. The second-order valence-electron chi connectivity index (χ2n) is 10.6. The van der Waals surface area contributed by atoms with Crippen LogP contribution in [0.1, 0.15) is 73.3 Å². The minimum absolute atomic E-state index is 0.121. The van der Waals surface area contributed by atoms with E-state index in [1.165, 1.54) is 0 Å². The number of nitrogens with two attached hydrogens (primary N) is 1. The number of rotatable bonds is 3. The Labute approximate surface area is 232 Å². The Hall–Kier alpha value is -4.53. The van der Waals surface area contributed by atoms with E-state index < -0.39 is 0 Å². The molecule has 1 aliphatic carbocycles. The highest BCUT2D eigenvalue weighted by Gasteiger charge is 2.29. The van der Waals surface area contributed by atoms with Crippen LogP contribution < -0.4 is 16.4 Å². The van der Waals surface area contributed by atoms with Gasteiger partial charge in [0.2, 0.25) is 5.91 Å². The van der Waals surface area contributed by atoms with E-state index in [9.17, 15) is 9.59 Å². The van der Waals surface area contributed by atoms with Gasteiger partial charge in [-0.05, 0) is 69.2 Å². The summed E-state index contributed by atoms with van der Waals surface area (Å²) in [6.07, 6.45) is 14.8. The van der Waals surface area contributed by atoms with Crippen LogP contribution >= 0.6 is 0 Å². The molecule has 0 unspecified atom stereocenters. The molecule has 40 heavy (non-hydrogen) atoms. The molecule has 2 bridgehead atoms. The Morgan fingerprint density at radius 3 is 2.75 bits per heavy atom. The summed E-state index contributed by atoms with van der Waals surface area (Å²) in [4.78, 5) is 34.0. The number of pyridine rings is 2. The topological polar surface area (TPSA) is 128 Å². The molecule has 0 spiro atoms. The van der Waals surface area contributed by atoms with Gasteiger partial charge in [0.1, 0.15) is 17.3 Å². The van der Waals surface area contributed by atoms with E-state index in [0.717, 1.165) is 72.7 Å². The number of hydrogen-bond acceptors (Lipinski definition) is 6. The van der Waals surface area contributed by atoms with Crippen molar-refractivity contribution in [2.24, 2.45) is 0 Å². The van der Waals surface area contributed by atoms with Crippen molar-refractivity contribution in [3.05, 3.63) is 72.1 Å². The fourth-order valence-electron chi connectivity index (χ4n) is 5.79. The Balaban J connectivity index is 1.40. The number of amides is 2. The lowest BCUT2D eigenvalue weighted by Gasteiger charge is -2.30. The highest BCUT2D eigenvalue weighted by molar-refractivity contribution is 6.06. The predicted molar refractivity (Wildman–Crippen MR) is 157 cm³/mol. The Morgan fingerprint density at radius 2 is 1.93 bits per heavy atom. The maximum absolute atomic E-state index is 12.8. The summed E-state index contributed by atoms with van der Waals surface area (Å²) in [5, 5.41) is 12.0. The number of benzene rings is 1. The van der Waals surface area contributed by atoms with Gasteiger partial charge in [-0.3, -0.25) is 14.3 Å². The van der Waals surface area contributed by atoms with Crippen LogP contribution in [-0.2, 0) is 4.79 Å². The zero-order valence-corrected chi connectivity index (χ0v) is 22.3. The van der Waals surface area contributed by atoms with Crippen molar-refractivity contribution < 1.29 is 9.59 Å². The fraction of sp³-hybridized carbons (Fsp3) is 0.323. The summed E-state index contributed by atoms with van der Waals surface area (Å²) in [6.45, 7) is 0. The molecule has 2 atom stereocenters. The van der Waals surface area contributed by atoms with Crippen LogP contribution in [0.5, 0.6) is 0 Å². The van der Waals surface area contributed by atoms with Crippen molar-refractivity contribution in [1.82, 2.24) is 25.1 Å². The second-order valence-corrected chi connectivity index (χ2v) is 10.6. The van der Waals surface area contributed by atoms with Gasteiger partial charge in [0.15, 0.2) is 0 Å². The quantitative estimate of drug-likeness (QED) is 0.317. The molecule has 4 N–H and O–H groups in total. The molecule has 1 aromatic carbocycles. The molecule has 6 rings (SSSR count). The monoisotopic (exact) mass is 535 g/mol. The molecular formula is C31H33N7O2. The first-order valence-corrected chi connectivity index (χ1v) is 14.0. The normalized spacial score (nSPS) is 20.4. The molecule has 9 nitrogen and oxygen atoms in total. The van der Waals surface area contributed by atoms with Crippen LogP contribution in [0.4, 0.5) is 11.6 Å². The van der Waals surface area contributed by atoms with E-state index in [1.54, 1.807) is 30.5 Å². The third kappa shape index (κ3) is 5.32. The molecule has 1 fully saturated rings. The van der Waals surface area contributed by atoms with E-state index in [0.29, 0.717) is 23.6 Å². The van der Waals surface area contributed by atoms with Crippen LogP contribution in [-0.4, -0.2) is 37.6 Å². The molecule has 0 saturated heterocycles. The van der Waals surface area contributed by atoms with E-state index in [1.807, 2.05) is 24.4 Å². The van der Waals surface area contributed by atoms with Gasteiger partial charge in [-0.25, -0.2) is 9.97 Å². The number of nitrogen functional groups attached to an aromatic ring is 1. The second kappa shape index (κ2) is 11.3. The third-order valence-corrected chi connectivity index (χ3v) is 7.79. The van der Waals surface area contributed by atoms with Crippen LogP contribution in [0.3, 0.4) is 0 Å². The number of aromatic nitrogens is 4. The number of carbonyl (C=O) groups is 2. The summed E-state index contributed by atoms with van der Waals surface area (Å²) in [7, 11) is 0. The zero-order chi connectivity index (χ0) is 27.5. The standard InChI is InChI=1S/C31H33N7O2/c32-30-27-28(20-13-15-21(16-14-20)31(40)36-25-11-5-6-17-33-25)37-38-24-10-7-9-23(18-24)35-26(39)12-4-2-1-3-8-22(19-34-30)29(27)38/h3,5-6,8,11,13-17,19,23-24H,1-2,4,7,9-10,12,18H2,(H2,32,34)(H,35,39)(H,33,36,40)/b8-3+/t23-,24-/m1/s1. The minimum Gasteiger partial charge on any atom is -0.383 e. The summed E-state index contributed by atoms with van der Waals surface area (Å²) < 4.78 is 2.11. The first-order valence-electron chi connectivity index (χ1n) is 14.0. The summed E-state index contributed by atoms with van der Waals surface area (Å²) in [5.41, 5.74) is 10.6. The van der Waals surface area contributed by atoms with E-state index >= 15 is 0 Å². The van der Waals surface area contributed by atoms with Crippen molar-refractivity contribution in [3.63, 3.8) is 0 Å². The van der Waals surface area contributed by atoms with E-state index in [4.69, 9.17) is 10.8 Å². The smallest absolute Gasteiger partial charge is 0.256 e. The van der Waals surface area contributed by atoms with Gasteiger partial charge in [-0.15, -0.1) is 0 Å². The van der Waals surface area contributed by atoms with Crippen molar-refractivity contribution in [1.29, 1.82) is 0 Å². The number of anilines is 2. The predicted octanol–water partition coefficient (Wildman–Crippen LogP) is 5.51. The number of fused-ring (bicyclic) bond motifs is 3. The molecule has 9 heteroatoms. The Bertz CT molecular complexity index is 1560. The lowest BCUT2D eigenvalue weighted by atomic mass is 9.90. The molecule has 4 aromatic rings. The lowest BCUT2D eigenvalue weighted by Crippen LogP contribution is -2.39. The maximum atomic E-state index is 12.8. The molecule has 2 aliphatic rings. The Morgan fingerprint density at radius 1 is 1.05 bits per heavy atom. The van der Waals surface area contributed by atoms with Crippen molar-refractivity contribution in [2.45, 2.75) is 63.5 Å². The minimum atomic E-state index is -0.234. The fourth-order valence-corrected chi connectivity index (χ4v) is 5.79. The largest absolute Gasteiger partial charge is 0.383 e. The van der Waals surface area contributed by atoms with Gasteiger partial charge < -0.3 is 16.4 Å². The average molecular weight is 536 g/mol. The summed E-state index contributed by atoms with van der Waals surface area (Å²) in [6, 6.07) is 13.0. The van der Waals surface area contributed by atoms with Gasteiger partial charge in [-0.1, -0.05) is 30.4 Å². The number of hydrogen-bond donors (Lipinski definition) is 3. The van der Waals surface area contributed by atoms with Crippen LogP contribution in [0.25, 0.3) is 28.2 Å². The summed E-state index contributed by atoms with van der Waals surface area (Å²) in [5.74, 6) is 0.825. The van der Waals surface area contributed by atoms with Gasteiger partial charge in [-0.2, -0.15) is 5.10 Å². The third-order valence-electron chi connectivity index (χ3n) is 7.79. The molecule has 3 aromatic heterocycles. The number of nitrogens with zero attached hydrogens (tertiary/aromatic N) is 4. The average Bonchev–Trinajstić information content (AvgIpc) is 3.38. The molecule has 2 amide bonds. The molecule has 1 aliphatic heterocycles. The van der Waals surface area contributed by atoms with Gasteiger partial charge >= 0.3 is 0 Å². The zero-order valence-electron chi connectivity index (χ0n) is 22.3. The highest BCUT2D eigenvalue weighted by atomic mass is 16.2. The van der Waals surface area contributed by atoms with Crippen LogP contribution in [0, 0.1) is 0 Å². The maximum Gasteiger partial charge on any atom is 0.256 e. The van der Waals surface area contributed by atoms with Crippen molar-refractivity contribution in [2.75, 3.05) is 11.1 Å². The first kappa shape index (κ1) is 25.7. The molecule has 1 saturated carbocycles. The van der Waals surface area contributed by atoms with Gasteiger partial charge in [0.25, 0.3) is 5.91 Å². The van der Waals surface area contributed by atoms with E-state index in [2.05, 4.69) is 37.4 Å². The number of carbonyl (C=O) groups excluding carboxylic acids is 2. The van der Waals surface area contributed by atoms with Gasteiger partial charge in [0.05, 0.1) is 16.9 Å². The van der Waals surface area contributed by atoms with E-state index in [-0.39, 0.29) is 23.9 Å². The van der Waals surface area contributed by atoms with Gasteiger partial charge in [0, 0.05) is 41.5 Å². The van der Waals surface area contributed by atoms with Crippen LogP contribution in [0.15, 0.2) is 60.9 Å². The molecular weight excluding hydrogens is 502 g/mol. The first-order chi connectivity index (χ1) is 19.6. The number of nitrogens with one attached hydrogen (secondary N) is 2. The van der Waals surface area contributed by atoms with Crippen molar-refractivity contribution >= 4 is 40.4 Å². The van der Waals surface area contributed by atoms with Crippen LogP contribution in [0.2, 0.25) is 0 Å². The lowest BCUT2D eigenvalue weighted by molar-refractivity contribution is -0.122.